The molecule has 0 fully saturated rings. The Bertz CT molecular complexity index is 1360. The Morgan fingerprint density at radius 1 is 0.721 bits per heavy atom. The Kier molecular flexibility index (Phi) is 11.4. The first-order valence-corrected chi connectivity index (χ1v) is 16.5. The molecule has 1 amide bonds. The maximum atomic E-state index is 13.1. The molecule has 1 N–H and O–H groups in total. The second-order valence-electron chi connectivity index (χ2n) is 11.6. The predicted octanol–water partition coefficient (Wildman–Crippen LogP) is 5.89. The minimum atomic E-state index is -2.93. The zero-order valence-corrected chi connectivity index (χ0v) is 26.1. The van der Waals surface area contributed by atoms with E-state index in [0.29, 0.717) is 6.61 Å². The Morgan fingerprint density at radius 3 is 1.65 bits per heavy atom. The third kappa shape index (κ3) is 8.51. The average molecular weight is 596 g/mol. The van der Waals surface area contributed by atoms with Crippen molar-refractivity contribution in [1.29, 1.82) is 0 Å². The minimum absolute atomic E-state index is 0.103. The highest BCUT2D eigenvalue weighted by Crippen LogP contribution is 2.37. The molecule has 0 radical (unpaired) electrons. The van der Waals surface area contributed by atoms with Crippen molar-refractivity contribution in [1.82, 2.24) is 5.32 Å². The van der Waals surface area contributed by atoms with E-state index in [1.165, 1.54) is 0 Å². The standard InChI is InChI=1S/C36H41NO5Si/c1-36(2,3)43(32-20-12-6-13-21-32,33-22-14-7-15-23-33)42-28-34(37-35(39)41-26-30-18-10-5-11-19-30)31(24-38)27-40-25-29-16-8-4-9-17-29/h4-24,31,34H,25-28H2,1-3H3,(H,37,39)/t31-,34+/m0/s1. The van der Waals surface area contributed by atoms with E-state index in [0.717, 1.165) is 27.8 Å². The van der Waals surface area contributed by atoms with Gasteiger partial charge in [-0.25, -0.2) is 4.79 Å². The first-order chi connectivity index (χ1) is 20.8. The molecule has 0 unspecified atom stereocenters. The monoisotopic (exact) mass is 595 g/mol. The van der Waals surface area contributed by atoms with E-state index < -0.39 is 26.4 Å². The maximum absolute atomic E-state index is 13.1. The highest BCUT2D eigenvalue weighted by molar-refractivity contribution is 6.99. The van der Waals surface area contributed by atoms with Crippen molar-refractivity contribution in [2.75, 3.05) is 13.2 Å². The number of hydrogen-bond donors (Lipinski definition) is 1. The van der Waals surface area contributed by atoms with E-state index in [2.05, 4.69) is 50.4 Å². The summed E-state index contributed by atoms with van der Waals surface area (Å²) in [6.45, 7) is 7.26. The molecule has 4 rings (SSSR count). The Morgan fingerprint density at radius 2 is 1.19 bits per heavy atom. The zero-order chi connectivity index (χ0) is 30.5. The van der Waals surface area contributed by atoms with Crippen LogP contribution in [0.1, 0.15) is 31.9 Å². The number of aldehydes is 1. The lowest BCUT2D eigenvalue weighted by molar-refractivity contribution is -0.114. The van der Waals surface area contributed by atoms with Crippen LogP contribution in [-0.2, 0) is 31.9 Å². The minimum Gasteiger partial charge on any atom is -0.445 e. The number of alkyl carbamates (subject to hydrolysis) is 1. The molecular formula is C36H41NO5Si. The summed E-state index contributed by atoms with van der Waals surface area (Å²) >= 11 is 0. The van der Waals surface area contributed by atoms with Crippen molar-refractivity contribution in [3.05, 3.63) is 132 Å². The Labute approximate surface area is 256 Å². The van der Waals surface area contributed by atoms with Gasteiger partial charge in [0.2, 0.25) is 0 Å². The summed E-state index contributed by atoms with van der Waals surface area (Å²) in [5.41, 5.74) is 1.87. The Balaban J connectivity index is 1.60. The van der Waals surface area contributed by atoms with Crippen molar-refractivity contribution in [3.63, 3.8) is 0 Å². The van der Waals surface area contributed by atoms with Gasteiger partial charge in [0.05, 0.1) is 31.8 Å². The molecule has 0 saturated heterocycles. The predicted molar refractivity (Wildman–Crippen MR) is 173 cm³/mol. The lowest BCUT2D eigenvalue weighted by Crippen LogP contribution is -2.67. The first kappa shape index (κ1) is 31.9. The van der Waals surface area contributed by atoms with Crippen molar-refractivity contribution in [2.45, 2.75) is 45.1 Å². The number of rotatable bonds is 14. The molecule has 0 bridgehead atoms. The van der Waals surface area contributed by atoms with E-state index >= 15 is 0 Å². The van der Waals surface area contributed by atoms with Gasteiger partial charge >= 0.3 is 6.09 Å². The number of hydrogen-bond acceptors (Lipinski definition) is 5. The second kappa shape index (κ2) is 15.4. The van der Waals surface area contributed by atoms with Gasteiger partial charge < -0.3 is 24.0 Å². The number of carbonyl (C=O) groups excluding carboxylic acids is 2. The van der Waals surface area contributed by atoms with Crippen LogP contribution < -0.4 is 15.7 Å². The van der Waals surface area contributed by atoms with Crippen LogP contribution in [0, 0.1) is 5.92 Å². The molecule has 2 atom stereocenters. The maximum Gasteiger partial charge on any atom is 0.407 e. The van der Waals surface area contributed by atoms with Crippen molar-refractivity contribution >= 4 is 31.1 Å². The van der Waals surface area contributed by atoms with Gasteiger partial charge in [0, 0.05) is 0 Å². The van der Waals surface area contributed by atoms with Gasteiger partial charge in [-0.1, -0.05) is 142 Å². The molecule has 224 valence electrons. The van der Waals surface area contributed by atoms with Gasteiger partial charge in [-0.2, -0.15) is 0 Å². The molecule has 6 nitrogen and oxygen atoms in total. The highest BCUT2D eigenvalue weighted by atomic mass is 28.4. The molecule has 43 heavy (non-hydrogen) atoms. The first-order valence-electron chi connectivity index (χ1n) is 14.6. The Hall–Kier alpha value is -4.04. The second-order valence-corrected chi connectivity index (χ2v) is 15.9. The van der Waals surface area contributed by atoms with E-state index in [-0.39, 0.29) is 24.9 Å². The van der Waals surface area contributed by atoms with Gasteiger partial charge in [-0.15, -0.1) is 0 Å². The normalized spacial score (nSPS) is 13.1. The van der Waals surface area contributed by atoms with Crippen molar-refractivity contribution in [3.8, 4) is 0 Å². The summed E-state index contributed by atoms with van der Waals surface area (Å²) in [6.07, 6.45) is 0.219. The van der Waals surface area contributed by atoms with E-state index in [4.69, 9.17) is 13.9 Å². The number of amides is 1. The van der Waals surface area contributed by atoms with Crippen LogP contribution in [0.2, 0.25) is 5.04 Å². The number of benzene rings is 4. The topological polar surface area (TPSA) is 73.9 Å². The van der Waals surface area contributed by atoms with Crippen LogP contribution in [-0.4, -0.2) is 40.0 Å². The third-order valence-corrected chi connectivity index (χ3v) is 12.5. The number of ether oxygens (including phenoxy) is 2. The average Bonchev–Trinajstić information content (AvgIpc) is 3.03. The largest absolute Gasteiger partial charge is 0.445 e. The molecule has 0 aliphatic heterocycles. The van der Waals surface area contributed by atoms with E-state index in [1.807, 2.05) is 97.1 Å². The molecule has 4 aromatic carbocycles. The summed E-state index contributed by atoms with van der Waals surface area (Å²) in [5.74, 6) is -0.661. The van der Waals surface area contributed by atoms with Crippen LogP contribution in [0.15, 0.2) is 121 Å². The summed E-state index contributed by atoms with van der Waals surface area (Å²) < 4.78 is 18.6. The van der Waals surface area contributed by atoms with Crippen LogP contribution in [0.3, 0.4) is 0 Å². The molecule has 0 aromatic heterocycles. The molecule has 7 heteroatoms. The molecule has 4 aromatic rings. The van der Waals surface area contributed by atoms with Gasteiger partial charge in [0.1, 0.15) is 12.9 Å². The lowest BCUT2D eigenvalue weighted by atomic mass is 10.0. The van der Waals surface area contributed by atoms with Crippen LogP contribution >= 0.6 is 0 Å². The van der Waals surface area contributed by atoms with Crippen molar-refractivity contribution < 1.29 is 23.5 Å². The molecule has 0 heterocycles. The summed E-state index contributed by atoms with van der Waals surface area (Å²) in [4.78, 5) is 25.6. The van der Waals surface area contributed by atoms with Crippen LogP contribution in [0.25, 0.3) is 0 Å². The fraction of sp³-hybridized carbons (Fsp3) is 0.278. The van der Waals surface area contributed by atoms with Crippen LogP contribution in [0.5, 0.6) is 0 Å². The summed E-state index contributed by atoms with van der Waals surface area (Å²) in [5, 5.41) is 4.90. The van der Waals surface area contributed by atoms with Crippen LogP contribution in [0.4, 0.5) is 4.79 Å². The summed E-state index contributed by atoms with van der Waals surface area (Å²) in [6, 6.07) is 39.1. The zero-order valence-electron chi connectivity index (χ0n) is 25.1. The van der Waals surface area contributed by atoms with Gasteiger partial charge in [-0.3, -0.25) is 0 Å². The molecule has 0 aliphatic carbocycles. The molecule has 0 aliphatic rings. The van der Waals surface area contributed by atoms with E-state index in [9.17, 15) is 9.59 Å². The van der Waals surface area contributed by atoms with Gasteiger partial charge in [0.15, 0.2) is 0 Å². The number of nitrogens with one attached hydrogen (secondary N) is 1. The van der Waals surface area contributed by atoms with Gasteiger partial charge in [-0.05, 0) is 26.5 Å². The highest BCUT2D eigenvalue weighted by Gasteiger charge is 2.50. The SMILES string of the molecule is CC(C)(C)[Si](OC[C@@H](NC(=O)OCc1ccccc1)[C@@H](C=O)COCc1ccccc1)(c1ccccc1)c1ccccc1. The van der Waals surface area contributed by atoms with E-state index in [1.54, 1.807) is 0 Å². The summed E-state index contributed by atoms with van der Waals surface area (Å²) in [7, 11) is -2.93. The smallest absolute Gasteiger partial charge is 0.407 e. The molecule has 0 saturated carbocycles. The molecular weight excluding hydrogens is 554 g/mol. The fourth-order valence-electron chi connectivity index (χ4n) is 5.30. The quantitative estimate of drug-likeness (QED) is 0.145. The van der Waals surface area contributed by atoms with Gasteiger partial charge in [0.25, 0.3) is 8.32 Å². The lowest BCUT2D eigenvalue weighted by Gasteiger charge is -2.44. The fourth-order valence-corrected chi connectivity index (χ4v) is 9.89. The molecule has 0 spiro atoms. The number of carbonyl (C=O) groups is 2. The third-order valence-electron chi connectivity index (χ3n) is 7.53. The van der Waals surface area contributed by atoms with Crippen molar-refractivity contribution in [2.24, 2.45) is 5.92 Å².